The molecule has 7 nitrogen and oxygen atoms in total. The first-order chi connectivity index (χ1) is 11.1. The second-order valence-electron chi connectivity index (χ2n) is 6.50. The standard InChI is InChI=1S/C16H21N7/c1-9(2)23-10(3)12(8-18-23)19-16-14-13(7-17-22-14)20-15(21-16)11-5-4-6-11/h7-9,11H,4-6H2,1-3H3,(H,17,22)(H,19,20,21). The van der Waals surface area contributed by atoms with E-state index in [9.17, 15) is 0 Å². The minimum Gasteiger partial charge on any atom is -0.336 e. The first-order valence-corrected chi connectivity index (χ1v) is 8.15. The van der Waals surface area contributed by atoms with E-state index < -0.39 is 0 Å². The zero-order valence-corrected chi connectivity index (χ0v) is 13.7. The minimum absolute atomic E-state index is 0.327. The third kappa shape index (κ3) is 2.36. The molecule has 1 aliphatic rings. The number of fused-ring (bicyclic) bond motifs is 1. The van der Waals surface area contributed by atoms with Crippen molar-refractivity contribution in [3.63, 3.8) is 0 Å². The van der Waals surface area contributed by atoms with Crippen molar-refractivity contribution < 1.29 is 0 Å². The average molecular weight is 311 g/mol. The molecular formula is C16H21N7. The lowest BCUT2D eigenvalue weighted by molar-refractivity contribution is 0.403. The van der Waals surface area contributed by atoms with E-state index in [1.807, 2.05) is 10.9 Å². The van der Waals surface area contributed by atoms with Gasteiger partial charge in [-0.3, -0.25) is 9.78 Å². The minimum atomic E-state index is 0.327. The molecule has 0 radical (unpaired) electrons. The highest BCUT2D eigenvalue weighted by molar-refractivity contribution is 5.86. The van der Waals surface area contributed by atoms with E-state index in [0.717, 1.165) is 34.1 Å². The molecule has 3 aromatic heterocycles. The molecule has 1 saturated carbocycles. The SMILES string of the molecule is Cc1c(Nc2nc(C3CCC3)nc3cn[nH]c23)cnn1C(C)C. The van der Waals surface area contributed by atoms with E-state index in [4.69, 9.17) is 4.98 Å². The van der Waals surface area contributed by atoms with Crippen LogP contribution >= 0.6 is 0 Å². The Morgan fingerprint density at radius 2 is 2.09 bits per heavy atom. The summed E-state index contributed by atoms with van der Waals surface area (Å²) in [6.07, 6.45) is 7.22. The summed E-state index contributed by atoms with van der Waals surface area (Å²) in [5, 5.41) is 15.0. The molecule has 0 spiro atoms. The molecule has 23 heavy (non-hydrogen) atoms. The molecule has 3 aromatic rings. The van der Waals surface area contributed by atoms with Gasteiger partial charge >= 0.3 is 0 Å². The Hall–Kier alpha value is -2.44. The van der Waals surface area contributed by atoms with Crippen LogP contribution in [-0.2, 0) is 0 Å². The topological polar surface area (TPSA) is 84.3 Å². The molecule has 0 aromatic carbocycles. The van der Waals surface area contributed by atoms with Crippen LogP contribution < -0.4 is 5.32 Å². The summed E-state index contributed by atoms with van der Waals surface area (Å²) < 4.78 is 2.00. The molecule has 0 bridgehead atoms. The van der Waals surface area contributed by atoms with Crippen molar-refractivity contribution in [1.29, 1.82) is 0 Å². The van der Waals surface area contributed by atoms with Crippen LogP contribution in [0.5, 0.6) is 0 Å². The maximum absolute atomic E-state index is 4.76. The molecule has 0 amide bonds. The number of aromatic nitrogens is 6. The van der Waals surface area contributed by atoms with Gasteiger partial charge in [0.1, 0.15) is 16.9 Å². The zero-order chi connectivity index (χ0) is 16.0. The fourth-order valence-electron chi connectivity index (χ4n) is 2.99. The lowest BCUT2D eigenvalue weighted by atomic mass is 9.85. The van der Waals surface area contributed by atoms with Gasteiger partial charge in [-0.05, 0) is 33.6 Å². The van der Waals surface area contributed by atoms with Crippen LogP contribution in [0.15, 0.2) is 12.4 Å². The van der Waals surface area contributed by atoms with Crippen LogP contribution in [0, 0.1) is 6.92 Å². The van der Waals surface area contributed by atoms with Gasteiger partial charge in [0, 0.05) is 12.0 Å². The van der Waals surface area contributed by atoms with E-state index in [-0.39, 0.29) is 0 Å². The summed E-state index contributed by atoms with van der Waals surface area (Å²) >= 11 is 0. The van der Waals surface area contributed by atoms with Gasteiger partial charge in [-0.15, -0.1) is 0 Å². The molecule has 3 heterocycles. The second-order valence-corrected chi connectivity index (χ2v) is 6.50. The average Bonchev–Trinajstić information content (AvgIpc) is 3.04. The third-order valence-electron chi connectivity index (χ3n) is 4.57. The Labute approximate surface area is 134 Å². The van der Waals surface area contributed by atoms with Crippen molar-refractivity contribution in [3.8, 4) is 0 Å². The van der Waals surface area contributed by atoms with E-state index in [1.165, 1.54) is 19.3 Å². The number of hydrogen-bond acceptors (Lipinski definition) is 5. The molecule has 120 valence electrons. The van der Waals surface area contributed by atoms with Crippen molar-refractivity contribution >= 4 is 22.5 Å². The second kappa shape index (κ2) is 5.33. The predicted octanol–water partition coefficient (Wildman–Crippen LogP) is 3.45. The van der Waals surface area contributed by atoms with E-state index in [1.54, 1.807) is 6.20 Å². The highest BCUT2D eigenvalue weighted by Gasteiger charge is 2.24. The summed E-state index contributed by atoms with van der Waals surface area (Å²) in [5.74, 6) is 2.18. The van der Waals surface area contributed by atoms with Crippen molar-refractivity contribution in [1.82, 2.24) is 29.9 Å². The Morgan fingerprint density at radius 3 is 2.74 bits per heavy atom. The molecule has 4 rings (SSSR count). The van der Waals surface area contributed by atoms with E-state index in [0.29, 0.717) is 12.0 Å². The first-order valence-electron chi connectivity index (χ1n) is 8.15. The summed E-state index contributed by atoms with van der Waals surface area (Å²) in [5.41, 5.74) is 3.76. The molecular weight excluding hydrogens is 290 g/mol. The smallest absolute Gasteiger partial charge is 0.160 e. The van der Waals surface area contributed by atoms with Crippen molar-refractivity contribution in [3.05, 3.63) is 23.9 Å². The lowest BCUT2D eigenvalue weighted by Gasteiger charge is -2.24. The Morgan fingerprint density at radius 1 is 1.26 bits per heavy atom. The van der Waals surface area contributed by atoms with Gasteiger partial charge in [0.25, 0.3) is 0 Å². The third-order valence-corrected chi connectivity index (χ3v) is 4.57. The fourth-order valence-corrected chi connectivity index (χ4v) is 2.99. The number of nitrogens with one attached hydrogen (secondary N) is 2. The van der Waals surface area contributed by atoms with Gasteiger partial charge in [-0.2, -0.15) is 10.2 Å². The Balaban J connectivity index is 1.74. The van der Waals surface area contributed by atoms with Crippen LogP contribution in [0.1, 0.15) is 56.6 Å². The number of nitrogens with zero attached hydrogens (tertiary/aromatic N) is 5. The van der Waals surface area contributed by atoms with Crippen molar-refractivity contribution in [2.24, 2.45) is 0 Å². The van der Waals surface area contributed by atoms with Crippen LogP contribution in [0.4, 0.5) is 11.5 Å². The van der Waals surface area contributed by atoms with Crippen molar-refractivity contribution in [2.75, 3.05) is 5.32 Å². The quantitative estimate of drug-likeness (QED) is 0.771. The molecule has 1 aliphatic carbocycles. The van der Waals surface area contributed by atoms with Gasteiger partial charge in [-0.1, -0.05) is 6.42 Å². The van der Waals surface area contributed by atoms with Gasteiger partial charge in [-0.25, -0.2) is 9.97 Å². The van der Waals surface area contributed by atoms with Crippen LogP contribution in [-0.4, -0.2) is 29.9 Å². The molecule has 0 aliphatic heterocycles. The molecule has 2 N–H and O–H groups in total. The van der Waals surface area contributed by atoms with Gasteiger partial charge < -0.3 is 5.32 Å². The number of rotatable bonds is 4. The maximum Gasteiger partial charge on any atom is 0.160 e. The lowest BCUT2D eigenvalue weighted by Crippen LogP contribution is -2.13. The van der Waals surface area contributed by atoms with Gasteiger partial charge in [0.2, 0.25) is 0 Å². The van der Waals surface area contributed by atoms with Gasteiger partial charge in [0.05, 0.1) is 23.8 Å². The highest BCUT2D eigenvalue weighted by atomic mass is 15.3. The fraction of sp³-hybridized carbons (Fsp3) is 0.500. The molecule has 7 heteroatoms. The van der Waals surface area contributed by atoms with E-state index >= 15 is 0 Å². The van der Waals surface area contributed by atoms with Crippen LogP contribution in [0.25, 0.3) is 11.0 Å². The normalized spacial score (nSPS) is 15.3. The number of H-pyrrole nitrogens is 1. The summed E-state index contributed by atoms with van der Waals surface area (Å²) in [4.78, 5) is 9.40. The van der Waals surface area contributed by atoms with Gasteiger partial charge in [0.15, 0.2) is 5.82 Å². The predicted molar refractivity (Wildman–Crippen MR) is 88.9 cm³/mol. The summed E-state index contributed by atoms with van der Waals surface area (Å²) in [7, 11) is 0. The monoisotopic (exact) mass is 311 g/mol. The van der Waals surface area contributed by atoms with Crippen molar-refractivity contribution in [2.45, 2.75) is 52.0 Å². The molecule has 0 atom stereocenters. The number of anilines is 2. The molecule has 0 saturated heterocycles. The Bertz CT molecular complexity index is 841. The Kier molecular flexibility index (Phi) is 3.28. The molecule has 1 fully saturated rings. The van der Waals surface area contributed by atoms with Crippen LogP contribution in [0.2, 0.25) is 0 Å². The molecule has 0 unspecified atom stereocenters. The zero-order valence-electron chi connectivity index (χ0n) is 13.7. The summed E-state index contributed by atoms with van der Waals surface area (Å²) in [6.45, 7) is 6.31. The van der Waals surface area contributed by atoms with E-state index in [2.05, 4.69) is 46.4 Å². The number of aromatic amines is 1. The van der Waals surface area contributed by atoms with Crippen LogP contribution in [0.3, 0.4) is 0 Å². The highest BCUT2D eigenvalue weighted by Crippen LogP contribution is 2.36. The first kappa shape index (κ1) is 14.2. The number of hydrogen-bond donors (Lipinski definition) is 2. The summed E-state index contributed by atoms with van der Waals surface area (Å²) in [6, 6.07) is 0.327. The maximum atomic E-state index is 4.76. The largest absolute Gasteiger partial charge is 0.336 e.